The predicted octanol–water partition coefficient (Wildman–Crippen LogP) is 0.625. The molecule has 15 heavy (non-hydrogen) atoms. The van der Waals surface area contributed by atoms with Gasteiger partial charge in [-0.25, -0.2) is 9.98 Å². The van der Waals surface area contributed by atoms with Crippen LogP contribution in [0.2, 0.25) is 0 Å². The van der Waals surface area contributed by atoms with Gasteiger partial charge in [-0.15, -0.1) is 0 Å². The van der Waals surface area contributed by atoms with E-state index >= 15 is 0 Å². The Morgan fingerprint density at radius 1 is 1.27 bits per heavy atom. The average molecular weight is 202 g/mol. The van der Waals surface area contributed by atoms with Crippen molar-refractivity contribution in [2.45, 2.75) is 12.8 Å². The van der Waals surface area contributed by atoms with Crippen LogP contribution >= 0.6 is 0 Å². The molecule has 0 atom stereocenters. The summed E-state index contributed by atoms with van der Waals surface area (Å²) in [6, 6.07) is 5.21. The Hall–Kier alpha value is -1.84. The summed E-state index contributed by atoms with van der Waals surface area (Å²) in [5, 5.41) is 10.8. The van der Waals surface area contributed by atoms with Crippen molar-refractivity contribution in [3.63, 3.8) is 0 Å². The van der Waals surface area contributed by atoms with Gasteiger partial charge in [-0.05, 0) is 18.6 Å². The van der Waals surface area contributed by atoms with Crippen LogP contribution in [0.1, 0.15) is 12.8 Å². The minimum atomic E-state index is 0.171. The van der Waals surface area contributed by atoms with E-state index in [0.29, 0.717) is 16.5 Å². The Balaban J connectivity index is 2.22. The molecule has 1 saturated heterocycles. The molecule has 0 bridgehead atoms. The first-order valence-corrected chi connectivity index (χ1v) is 4.96. The van der Waals surface area contributed by atoms with E-state index in [1.165, 1.54) is 0 Å². The first-order valence-electron chi connectivity index (χ1n) is 4.96. The molecule has 76 valence electrons. The molecule has 3 rings (SSSR count). The van der Waals surface area contributed by atoms with Gasteiger partial charge in [-0.1, -0.05) is 6.07 Å². The summed E-state index contributed by atoms with van der Waals surface area (Å²) in [7, 11) is 0. The third kappa shape index (κ3) is 1.29. The van der Waals surface area contributed by atoms with E-state index < -0.39 is 0 Å². The summed E-state index contributed by atoms with van der Waals surface area (Å²) >= 11 is 0. The largest absolute Gasteiger partial charge is 0.506 e. The summed E-state index contributed by atoms with van der Waals surface area (Å²) in [5.74, 6) is 1.62. The lowest BCUT2D eigenvalue weighted by Crippen LogP contribution is -2.20. The summed E-state index contributed by atoms with van der Waals surface area (Å²) in [5.41, 5.74) is 0. The molecule has 0 aromatic heterocycles. The molecule has 4 nitrogen and oxygen atoms in total. The molecular weight excluding hydrogens is 192 g/mol. The Labute approximate surface area is 86.3 Å². The van der Waals surface area contributed by atoms with Crippen molar-refractivity contribution in [1.82, 2.24) is 0 Å². The van der Waals surface area contributed by atoms with Gasteiger partial charge < -0.3 is 9.84 Å². The molecule has 4 heteroatoms. The normalized spacial score (nSPS) is 22.9. The Morgan fingerprint density at radius 2 is 2.20 bits per heavy atom. The molecule has 1 fully saturated rings. The minimum absolute atomic E-state index is 0.171. The van der Waals surface area contributed by atoms with E-state index in [9.17, 15) is 5.11 Å². The number of aromatic hydroxyl groups is 1. The third-order valence-electron chi connectivity index (χ3n) is 2.51. The maximum atomic E-state index is 9.57. The Bertz CT molecular complexity index is 552. The van der Waals surface area contributed by atoms with E-state index in [1.54, 1.807) is 12.1 Å². The lowest BCUT2D eigenvalue weighted by Gasteiger charge is -1.96. The van der Waals surface area contributed by atoms with Crippen molar-refractivity contribution in [2.75, 3.05) is 6.61 Å². The first kappa shape index (κ1) is 8.47. The molecule has 2 aliphatic rings. The number of allylic oxidation sites excluding steroid dienone is 1. The number of para-hydroxylation sites is 1. The van der Waals surface area contributed by atoms with E-state index in [2.05, 4.69) is 9.98 Å². The topological polar surface area (TPSA) is 54.2 Å². The zero-order chi connectivity index (χ0) is 10.3. The predicted molar refractivity (Wildman–Crippen MR) is 52.6 cm³/mol. The van der Waals surface area contributed by atoms with Crippen molar-refractivity contribution >= 4 is 0 Å². The highest BCUT2D eigenvalue weighted by atomic mass is 16.5. The maximum absolute atomic E-state index is 9.57. The van der Waals surface area contributed by atoms with Gasteiger partial charge in [0.1, 0.15) is 16.9 Å². The zero-order valence-electron chi connectivity index (χ0n) is 8.10. The minimum Gasteiger partial charge on any atom is -0.506 e. The lowest BCUT2D eigenvalue weighted by atomic mass is 10.3. The molecule has 2 aliphatic heterocycles. The summed E-state index contributed by atoms with van der Waals surface area (Å²) < 4.78 is 5.42. The van der Waals surface area contributed by atoms with Crippen LogP contribution in [-0.4, -0.2) is 11.7 Å². The second kappa shape index (κ2) is 3.08. The molecule has 1 N–H and O–H groups in total. The molecular formula is C11H10N2O2. The molecule has 0 aliphatic carbocycles. The van der Waals surface area contributed by atoms with E-state index in [4.69, 9.17) is 4.74 Å². The van der Waals surface area contributed by atoms with Crippen molar-refractivity contribution in [2.24, 2.45) is 9.98 Å². The number of hydrogen-bond donors (Lipinski definition) is 1. The van der Waals surface area contributed by atoms with Gasteiger partial charge in [0.25, 0.3) is 0 Å². The van der Waals surface area contributed by atoms with Crippen molar-refractivity contribution in [3.05, 3.63) is 40.5 Å². The molecule has 0 unspecified atom stereocenters. The van der Waals surface area contributed by atoms with Gasteiger partial charge in [0.05, 0.1) is 12.0 Å². The molecule has 1 aromatic rings. The third-order valence-corrected chi connectivity index (χ3v) is 2.51. The van der Waals surface area contributed by atoms with Crippen LogP contribution in [0.15, 0.2) is 39.8 Å². The van der Waals surface area contributed by atoms with Crippen LogP contribution in [0.25, 0.3) is 0 Å². The van der Waals surface area contributed by atoms with Crippen LogP contribution < -0.4 is 10.7 Å². The number of benzene rings is 1. The van der Waals surface area contributed by atoms with Gasteiger partial charge in [-0.3, -0.25) is 0 Å². The van der Waals surface area contributed by atoms with Crippen LogP contribution in [0.3, 0.4) is 0 Å². The fraction of sp³-hybridized carbons (Fsp3) is 0.273. The zero-order valence-corrected chi connectivity index (χ0v) is 8.10. The number of nitrogens with zero attached hydrogens (tertiary/aromatic N) is 2. The molecule has 0 radical (unpaired) electrons. The second-order valence-electron chi connectivity index (χ2n) is 3.57. The van der Waals surface area contributed by atoms with Crippen molar-refractivity contribution in [1.29, 1.82) is 0 Å². The van der Waals surface area contributed by atoms with Crippen LogP contribution in [0.4, 0.5) is 0 Å². The number of ether oxygens (including phenoxy) is 1. The average Bonchev–Trinajstić information content (AvgIpc) is 2.86. The number of hydrogen-bond acceptors (Lipinski definition) is 4. The monoisotopic (exact) mass is 202 g/mol. The number of rotatable bonds is 0. The van der Waals surface area contributed by atoms with Crippen molar-refractivity contribution < 1.29 is 9.84 Å². The number of phenolic OH excluding ortho intramolecular Hbond substituents is 1. The van der Waals surface area contributed by atoms with Gasteiger partial charge in [0, 0.05) is 6.42 Å². The molecule has 0 saturated carbocycles. The standard InChI is InChI=1S/C11H10N2O2/c14-8-4-1-3-7-10(8)13-11(12-7)9-5-2-6-15-9/h1,3-4,14H,2,5-6H2. The summed E-state index contributed by atoms with van der Waals surface area (Å²) in [4.78, 5) is 8.59. The van der Waals surface area contributed by atoms with Crippen LogP contribution in [0.5, 0.6) is 5.75 Å². The van der Waals surface area contributed by atoms with E-state index in [1.807, 2.05) is 6.07 Å². The highest BCUT2D eigenvalue weighted by molar-refractivity contribution is 5.25. The quantitative estimate of drug-likeness (QED) is 0.670. The molecule has 2 heterocycles. The maximum Gasteiger partial charge on any atom is 0.191 e. The number of phenols is 1. The highest BCUT2D eigenvalue weighted by Crippen LogP contribution is 2.22. The Morgan fingerprint density at radius 3 is 2.93 bits per heavy atom. The van der Waals surface area contributed by atoms with Gasteiger partial charge in [0.2, 0.25) is 0 Å². The second-order valence-corrected chi connectivity index (χ2v) is 3.57. The van der Waals surface area contributed by atoms with Gasteiger partial charge in [-0.2, -0.15) is 0 Å². The molecule has 0 spiro atoms. The van der Waals surface area contributed by atoms with E-state index in [0.717, 1.165) is 25.2 Å². The fourth-order valence-corrected chi connectivity index (χ4v) is 1.77. The summed E-state index contributed by atoms with van der Waals surface area (Å²) in [6.07, 6.45) is 1.91. The SMILES string of the molecule is Oc1cccc2c1=NC(=C1CCCO1)N=2. The lowest BCUT2D eigenvalue weighted by molar-refractivity contribution is 0.259. The van der Waals surface area contributed by atoms with Crippen LogP contribution in [-0.2, 0) is 4.74 Å². The van der Waals surface area contributed by atoms with E-state index in [-0.39, 0.29) is 5.75 Å². The fourth-order valence-electron chi connectivity index (χ4n) is 1.77. The molecule has 1 aromatic carbocycles. The number of fused-ring (bicyclic) bond motifs is 1. The van der Waals surface area contributed by atoms with Crippen molar-refractivity contribution in [3.8, 4) is 5.75 Å². The first-order chi connectivity index (χ1) is 7.34. The Kier molecular flexibility index (Phi) is 1.74. The van der Waals surface area contributed by atoms with Crippen LogP contribution in [0, 0.1) is 0 Å². The van der Waals surface area contributed by atoms with Gasteiger partial charge in [0.15, 0.2) is 5.82 Å². The highest BCUT2D eigenvalue weighted by Gasteiger charge is 2.16. The molecule has 0 amide bonds. The summed E-state index contributed by atoms with van der Waals surface area (Å²) in [6.45, 7) is 0.742. The smallest absolute Gasteiger partial charge is 0.191 e. The van der Waals surface area contributed by atoms with Gasteiger partial charge >= 0.3 is 0 Å².